The van der Waals surface area contributed by atoms with Crippen molar-refractivity contribution in [1.82, 2.24) is 0 Å². The molecule has 0 amide bonds. The van der Waals surface area contributed by atoms with Crippen molar-refractivity contribution >= 4 is 17.9 Å². The highest BCUT2D eigenvalue weighted by atomic mass is 16.6. The van der Waals surface area contributed by atoms with Gasteiger partial charge in [0.2, 0.25) is 0 Å². The van der Waals surface area contributed by atoms with Gasteiger partial charge in [-0.15, -0.1) is 0 Å². The van der Waals surface area contributed by atoms with Crippen LogP contribution in [0.2, 0.25) is 0 Å². The average molecular weight is 1060 g/mol. The van der Waals surface area contributed by atoms with Crippen LogP contribution < -0.4 is 0 Å². The second kappa shape index (κ2) is 64.1. The van der Waals surface area contributed by atoms with Crippen LogP contribution in [-0.2, 0) is 28.6 Å². The molecule has 0 heterocycles. The van der Waals surface area contributed by atoms with Gasteiger partial charge < -0.3 is 14.2 Å². The molecule has 6 nitrogen and oxygen atoms in total. The number of unbranched alkanes of at least 4 members (excludes halogenated alkanes) is 34. The van der Waals surface area contributed by atoms with Gasteiger partial charge in [-0.3, -0.25) is 14.4 Å². The normalized spacial score (nSPS) is 12.6. The van der Waals surface area contributed by atoms with Crippen LogP contribution in [0.25, 0.3) is 0 Å². The Morgan fingerprint density at radius 1 is 0.276 bits per heavy atom. The molecular formula is C70H122O6. The van der Waals surface area contributed by atoms with Gasteiger partial charge in [0, 0.05) is 19.3 Å². The molecule has 0 N–H and O–H groups in total. The zero-order chi connectivity index (χ0) is 55.0. The summed E-state index contributed by atoms with van der Waals surface area (Å²) in [7, 11) is 0. The number of esters is 3. The molecule has 0 aromatic rings. The van der Waals surface area contributed by atoms with E-state index in [-0.39, 0.29) is 37.5 Å². The first-order chi connectivity index (χ1) is 37.5. The summed E-state index contributed by atoms with van der Waals surface area (Å²) in [5, 5.41) is 0. The third kappa shape index (κ3) is 61.4. The number of ether oxygens (including phenoxy) is 3. The smallest absolute Gasteiger partial charge is 0.306 e. The first-order valence-electron chi connectivity index (χ1n) is 32.6. The number of carbonyl (C=O) groups is 3. The highest BCUT2D eigenvalue weighted by Crippen LogP contribution is 2.17. The van der Waals surface area contributed by atoms with Crippen molar-refractivity contribution in [2.45, 2.75) is 329 Å². The van der Waals surface area contributed by atoms with Gasteiger partial charge in [0.15, 0.2) is 6.10 Å². The highest BCUT2D eigenvalue weighted by molar-refractivity contribution is 5.71. The van der Waals surface area contributed by atoms with Crippen molar-refractivity contribution in [2.75, 3.05) is 13.2 Å². The first-order valence-corrected chi connectivity index (χ1v) is 32.6. The summed E-state index contributed by atoms with van der Waals surface area (Å²) in [6.45, 7) is 6.50. The Labute approximate surface area is 471 Å². The summed E-state index contributed by atoms with van der Waals surface area (Å²) in [6.07, 6.45) is 84.7. The molecular weight excluding hydrogens is 937 g/mol. The number of allylic oxidation sites excluding steroid dienone is 14. The van der Waals surface area contributed by atoms with Gasteiger partial charge >= 0.3 is 17.9 Å². The fraction of sp³-hybridized carbons (Fsp3) is 0.757. The molecule has 6 heteroatoms. The molecule has 0 saturated carbocycles. The van der Waals surface area contributed by atoms with Crippen molar-refractivity contribution in [1.29, 1.82) is 0 Å². The summed E-state index contributed by atoms with van der Waals surface area (Å²) in [5.41, 5.74) is 0. The van der Waals surface area contributed by atoms with Gasteiger partial charge in [-0.25, -0.2) is 0 Å². The molecule has 0 saturated heterocycles. The monoisotopic (exact) mass is 1060 g/mol. The van der Waals surface area contributed by atoms with Crippen molar-refractivity contribution in [3.63, 3.8) is 0 Å². The molecule has 0 rings (SSSR count). The molecule has 1 unspecified atom stereocenters. The Balaban J connectivity index is 4.42. The average Bonchev–Trinajstić information content (AvgIpc) is 3.42. The van der Waals surface area contributed by atoms with E-state index in [0.29, 0.717) is 19.3 Å². The van der Waals surface area contributed by atoms with Gasteiger partial charge in [-0.1, -0.05) is 305 Å². The SMILES string of the molecule is CC/C=C\C/C=C\C/C=C\C/C=C\C/C=C\C/C=C\CCC(=O)OC(COC(=O)CCCCCCC/C=C\CCCCCCCCC)COC(=O)CCCCCCCCCCCCCCCCCCCCCCCCC. The Hall–Kier alpha value is -3.41. The van der Waals surface area contributed by atoms with E-state index in [0.717, 1.165) is 83.5 Å². The largest absolute Gasteiger partial charge is 0.462 e. The lowest BCUT2D eigenvalue weighted by atomic mass is 10.0. The molecule has 0 aromatic carbocycles. The van der Waals surface area contributed by atoms with Crippen molar-refractivity contribution in [3.05, 3.63) is 85.1 Å². The number of rotatable bonds is 59. The molecule has 438 valence electrons. The highest BCUT2D eigenvalue weighted by Gasteiger charge is 2.19. The predicted molar refractivity (Wildman–Crippen MR) is 330 cm³/mol. The Morgan fingerprint density at radius 2 is 0.539 bits per heavy atom. The van der Waals surface area contributed by atoms with E-state index in [2.05, 4.69) is 99.8 Å². The molecule has 1 atom stereocenters. The van der Waals surface area contributed by atoms with E-state index in [1.807, 2.05) is 6.08 Å². The lowest BCUT2D eigenvalue weighted by molar-refractivity contribution is -0.166. The number of hydrogen-bond donors (Lipinski definition) is 0. The van der Waals surface area contributed by atoms with Crippen molar-refractivity contribution < 1.29 is 28.6 Å². The standard InChI is InChI=1S/C70H122O6/c1-4-7-10-13-16-19-22-25-28-31-33-34-35-36-38-39-42-45-48-51-54-57-60-63-69(72)75-66-67(65-74-68(71)62-59-56-53-50-47-44-41-30-27-24-21-18-15-12-9-6-3)76-70(73)64-61-58-55-52-49-46-43-40-37-32-29-26-23-20-17-14-11-8-5-2/h8,11,17,20,26,29-30,37,40-41,46,49,55,58,67H,4-7,9-10,12-16,18-19,21-25,27-28,31-36,38-39,42-45,47-48,50-54,56-57,59-66H2,1-3H3/b11-8-,20-17-,29-26-,40-37-,41-30-,49-46-,58-55-. The van der Waals surface area contributed by atoms with Crippen LogP contribution >= 0.6 is 0 Å². The summed E-state index contributed by atoms with van der Waals surface area (Å²) in [4.78, 5) is 38.3. The van der Waals surface area contributed by atoms with E-state index in [4.69, 9.17) is 14.2 Å². The molecule has 0 aliphatic rings. The summed E-state index contributed by atoms with van der Waals surface area (Å²) < 4.78 is 16.9. The van der Waals surface area contributed by atoms with Gasteiger partial charge in [0.1, 0.15) is 13.2 Å². The zero-order valence-corrected chi connectivity index (χ0v) is 50.3. The van der Waals surface area contributed by atoms with Crippen LogP contribution in [0.1, 0.15) is 323 Å². The van der Waals surface area contributed by atoms with Crippen LogP contribution in [0, 0.1) is 0 Å². The predicted octanol–water partition coefficient (Wildman–Crippen LogP) is 22.3. The molecule has 0 spiro atoms. The Bertz CT molecular complexity index is 1450. The second-order valence-corrected chi connectivity index (χ2v) is 21.6. The topological polar surface area (TPSA) is 78.9 Å². The van der Waals surface area contributed by atoms with Gasteiger partial charge in [-0.05, 0) is 83.5 Å². The van der Waals surface area contributed by atoms with E-state index in [1.54, 1.807) is 0 Å². The minimum atomic E-state index is -0.820. The van der Waals surface area contributed by atoms with E-state index in [1.165, 1.54) is 193 Å². The van der Waals surface area contributed by atoms with Crippen LogP contribution in [0.5, 0.6) is 0 Å². The van der Waals surface area contributed by atoms with Crippen molar-refractivity contribution in [3.8, 4) is 0 Å². The number of carbonyl (C=O) groups excluding carboxylic acids is 3. The molecule has 0 aromatic heterocycles. The zero-order valence-electron chi connectivity index (χ0n) is 50.3. The van der Waals surface area contributed by atoms with Crippen LogP contribution in [-0.4, -0.2) is 37.2 Å². The van der Waals surface area contributed by atoms with E-state index < -0.39 is 6.10 Å². The first kappa shape index (κ1) is 72.6. The van der Waals surface area contributed by atoms with Crippen LogP contribution in [0.15, 0.2) is 85.1 Å². The maximum Gasteiger partial charge on any atom is 0.306 e. The molecule has 0 aliphatic carbocycles. The van der Waals surface area contributed by atoms with Gasteiger partial charge in [-0.2, -0.15) is 0 Å². The minimum absolute atomic E-state index is 0.107. The lowest BCUT2D eigenvalue weighted by Gasteiger charge is -2.18. The summed E-state index contributed by atoms with van der Waals surface area (Å²) >= 11 is 0. The fourth-order valence-corrected chi connectivity index (χ4v) is 9.29. The van der Waals surface area contributed by atoms with E-state index in [9.17, 15) is 14.4 Å². The fourth-order valence-electron chi connectivity index (χ4n) is 9.29. The van der Waals surface area contributed by atoms with E-state index >= 15 is 0 Å². The number of hydrogen-bond acceptors (Lipinski definition) is 6. The van der Waals surface area contributed by atoms with Crippen LogP contribution in [0.3, 0.4) is 0 Å². The molecule has 0 bridgehead atoms. The maximum atomic E-state index is 12.9. The third-order valence-electron chi connectivity index (χ3n) is 14.1. The Morgan fingerprint density at radius 3 is 0.855 bits per heavy atom. The van der Waals surface area contributed by atoms with Crippen LogP contribution in [0.4, 0.5) is 0 Å². The molecule has 0 fully saturated rings. The summed E-state index contributed by atoms with van der Waals surface area (Å²) in [5.74, 6) is -0.986. The maximum absolute atomic E-state index is 12.9. The Kier molecular flexibility index (Phi) is 61.2. The molecule has 76 heavy (non-hydrogen) atoms. The van der Waals surface area contributed by atoms with Gasteiger partial charge in [0.05, 0.1) is 0 Å². The lowest BCUT2D eigenvalue weighted by Crippen LogP contribution is -2.30. The molecule has 0 radical (unpaired) electrons. The third-order valence-corrected chi connectivity index (χ3v) is 14.1. The van der Waals surface area contributed by atoms with Gasteiger partial charge in [0.25, 0.3) is 0 Å². The van der Waals surface area contributed by atoms with Crippen molar-refractivity contribution in [2.24, 2.45) is 0 Å². The summed E-state index contributed by atoms with van der Waals surface area (Å²) in [6, 6.07) is 0. The minimum Gasteiger partial charge on any atom is -0.462 e. The molecule has 0 aliphatic heterocycles. The second-order valence-electron chi connectivity index (χ2n) is 21.6. The quantitative estimate of drug-likeness (QED) is 0.0261.